The fourth-order valence-electron chi connectivity index (χ4n) is 2.82. The van der Waals surface area contributed by atoms with Crippen molar-refractivity contribution < 1.29 is 19.1 Å². The maximum absolute atomic E-state index is 12.0. The number of hydrogen-bond acceptors (Lipinski definition) is 6. The Morgan fingerprint density at radius 3 is 2.54 bits per heavy atom. The van der Waals surface area contributed by atoms with Crippen molar-refractivity contribution in [3.8, 4) is 0 Å². The van der Waals surface area contributed by atoms with Gasteiger partial charge >= 0.3 is 12.2 Å². The van der Waals surface area contributed by atoms with Crippen molar-refractivity contribution in [2.75, 3.05) is 19.6 Å². The molecular formula is C16H23Cl2N3O4S. The quantitative estimate of drug-likeness (QED) is 0.742. The first-order chi connectivity index (χ1) is 12.1. The third-order valence-corrected chi connectivity index (χ3v) is 4.88. The summed E-state index contributed by atoms with van der Waals surface area (Å²) in [6, 6.07) is 0. The Labute approximate surface area is 166 Å². The topological polar surface area (TPSA) is 80.8 Å². The van der Waals surface area contributed by atoms with E-state index in [9.17, 15) is 9.59 Å². The molecule has 0 saturated carbocycles. The van der Waals surface area contributed by atoms with Gasteiger partial charge in [0, 0.05) is 30.4 Å². The zero-order valence-corrected chi connectivity index (χ0v) is 17.3. The minimum absolute atomic E-state index is 0.366. The number of alkyl halides is 2. The molecule has 0 radical (unpaired) electrons. The van der Waals surface area contributed by atoms with Crippen molar-refractivity contribution >= 4 is 46.7 Å². The Morgan fingerprint density at radius 2 is 2.04 bits per heavy atom. The molecule has 2 heterocycles. The van der Waals surface area contributed by atoms with Crippen molar-refractivity contribution in [2.45, 2.75) is 49.7 Å². The summed E-state index contributed by atoms with van der Waals surface area (Å²) in [6.45, 7) is 6.72. The molecule has 1 fully saturated rings. The molecule has 0 aromatic carbocycles. The van der Waals surface area contributed by atoms with Gasteiger partial charge in [0.2, 0.25) is 0 Å². The summed E-state index contributed by atoms with van der Waals surface area (Å²) < 4.78 is 10.1. The number of carbonyl (C=O) groups is 2. The predicted molar refractivity (Wildman–Crippen MR) is 101 cm³/mol. The molecule has 1 aromatic rings. The maximum atomic E-state index is 12.0. The van der Waals surface area contributed by atoms with E-state index in [1.807, 2.05) is 26.2 Å². The largest absolute Gasteiger partial charge is 0.444 e. The van der Waals surface area contributed by atoms with Crippen molar-refractivity contribution in [3.05, 3.63) is 16.6 Å². The monoisotopic (exact) mass is 423 g/mol. The second-order valence-electron chi connectivity index (χ2n) is 7.14. The van der Waals surface area contributed by atoms with Crippen molar-refractivity contribution in [1.29, 1.82) is 0 Å². The van der Waals surface area contributed by atoms with Crippen molar-refractivity contribution in [1.82, 2.24) is 15.2 Å². The van der Waals surface area contributed by atoms with Crippen LogP contribution >= 0.6 is 34.5 Å². The number of nitrogens with one attached hydrogen (secondary N) is 1. The van der Waals surface area contributed by atoms with E-state index in [0.717, 1.165) is 5.69 Å². The molecule has 2 rings (SSSR count). The highest BCUT2D eigenvalue weighted by molar-refractivity contribution is 7.07. The zero-order chi connectivity index (χ0) is 19.4. The van der Waals surface area contributed by atoms with Gasteiger partial charge in [0.25, 0.3) is 5.02 Å². The average Bonchev–Trinajstić information content (AvgIpc) is 3.06. The minimum Gasteiger partial charge on any atom is -0.444 e. The Balaban J connectivity index is 2.02. The predicted octanol–water partition coefficient (Wildman–Crippen LogP) is 3.90. The Morgan fingerprint density at radius 1 is 1.38 bits per heavy atom. The van der Waals surface area contributed by atoms with Gasteiger partial charge in [-0.25, -0.2) is 14.6 Å². The summed E-state index contributed by atoms with van der Waals surface area (Å²) in [5, 5.41) is 3.62. The molecule has 0 spiro atoms. The number of rotatable bonds is 4. The van der Waals surface area contributed by atoms with E-state index < -0.39 is 22.8 Å². The van der Waals surface area contributed by atoms with Gasteiger partial charge in [-0.2, -0.15) is 0 Å². The smallest absolute Gasteiger partial charge is 0.412 e. The molecule has 1 aliphatic rings. The molecule has 0 aliphatic carbocycles. The van der Waals surface area contributed by atoms with Crippen LogP contribution in [0.15, 0.2) is 10.9 Å². The first-order valence-corrected chi connectivity index (χ1v) is 10.0. The molecule has 10 heteroatoms. The first-order valence-electron chi connectivity index (χ1n) is 8.20. The van der Waals surface area contributed by atoms with E-state index in [4.69, 9.17) is 32.7 Å². The Bertz CT molecular complexity index is 612. The highest BCUT2D eigenvalue weighted by Gasteiger charge is 2.40. The van der Waals surface area contributed by atoms with Crippen LogP contribution in [0.25, 0.3) is 0 Å². The van der Waals surface area contributed by atoms with Gasteiger partial charge in [-0.1, -0.05) is 23.2 Å². The fourth-order valence-corrected chi connectivity index (χ4v) is 3.65. The van der Waals surface area contributed by atoms with Gasteiger partial charge in [-0.15, -0.1) is 11.3 Å². The molecule has 146 valence electrons. The van der Waals surface area contributed by atoms with Gasteiger partial charge in [0.1, 0.15) is 5.60 Å². The number of nitrogens with zero attached hydrogens (tertiary/aromatic N) is 2. The molecule has 2 amide bonds. The lowest BCUT2D eigenvalue weighted by Gasteiger charge is -2.40. The Hall–Kier alpha value is -1.25. The molecule has 1 aromatic heterocycles. The number of alkyl carbamates (subject to hydrolysis) is 1. The maximum Gasteiger partial charge on any atom is 0.412 e. The van der Waals surface area contributed by atoms with E-state index in [-0.39, 0.29) is 5.41 Å². The molecule has 1 N–H and O–H groups in total. The van der Waals surface area contributed by atoms with Gasteiger partial charge < -0.3 is 19.7 Å². The number of hydrogen-bond donors (Lipinski definition) is 1. The summed E-state index contributed by atoms with van der Waals surface area (Å²) in [5.41, 5.74) is 1.73. The number of carbonyl (C=O) groups excluding carboxylic acids is 2. The number of likely N-dealkylation sites (tertiary alicyclic amines) is 1. The number of piperidine rings is 1. The van der Waals surface area contributed by atoms with E-state index in [1.54, 1.807) is 10.4 Å². The highest BCUT2D eigenvalue weighted by Crippen LogP contribution is 2.35. The van der Waals surface area contributed by atoms with Crippen LogP contribution in [-0.4, -0.2) is 52.3 Å². The van der Waals surface area contributed by atoms with Gasteiger partial charge in [0.15, 0.2) is 0 Å². The molecular weight excluding hydrogens is 401 g/mol. The molecule has 7 nitrogen and oxygen atoms in total. The summed E-state index contributed by atoms with van der Waals surface area (Å²) in [4.78, 5) is 30.0. The van der Waals surface area contributed by atoms with Crippen molar-refractivity contribution in [3.63, 3.8) is 0 Å². The van der Waals surface area contributed by atoms with Crippen LogP contribution in [0.1, 0.15) is 39.3 Å². The van der Waals surface area contributed by atoms with Crippen LogP contribution in [0.4, 0.5) is 9.59 Å². The highest BCUT2D eigenvalue weighted by atomic mass is 35.5. The summed E-state index contributed by atoms with van der Waals surface area (Å²) >= 11 is 12.5. The summed E-state index contributed by atoms with van der Waals surface area (Å²) in [5.74, 6) is 0. The number of ether oxygens (including phenoxy) is 2. The van der Waals surface area contributed by atoms with Crippen LogP contribution in [0, 0.1) is 0 Å². The Kier molecular flexibility index (Phi) is 6.99. The molecule has 1 aliphatic heterocycles. The van der Waals surface area contributed by atoms with Gasteiger partial charge in [-0.05, 0) is 33.6 Å². The molecule has 1 saturated heterocycles. The fraction of sp³-hybridized carbons (Fsp3) is 0.688. The third kappa shape index (κ3) is 5.89. The van der Waals surface area contributed by atoms with E-state index in [0.29, 0.717) is 32.5 Å². The SMILES string of the molecule is CC(C)(C)OC(=O)NCC1(c2cscn2)CCN(C(=O)OC(Cl)Cl)CC1. The van der Waals surface area contributed by atoms with Crippen molar-refractivity contribution in [2.24, 2.45) is 0 Å². The van der Waals surface area contributed by atoms with Gasteiger partial charge in [0.05, 0.1) is 11.2 Å². The second kappa shape index (κ2) is 8.63. The molecule has 0 bridgehead atoms. The van der Waals surface area contributed by atoms with E-state index in [1.165, 1.54) is 11.3 Å². The average molecular weight is 424 g/mol. The van der Waals surface area contributed by atoms with Crippen LogP contribution < -0.4 is 5.32 Å². The zero-order valence-electron chi connectivity index (χ0n) is 15.0. The normalized spacial score (nSPS) is 17.1. The molecule has 0 unspecified atom stereocenters. The lowest BCUT2D eigenvalue weighted by atomic mass is 9.76. The van der Waals surface area contributed by atoms with Gasteiger partial charge in [-0.3, -0.25) is 0 Å². The minimum atomic E-state index is -1.19. The summed E-state index contributed by atoms with van der Waals surface area (Å²) in [6.07, 6.45) is 0.223. The van der Waals surface area contributed by atoms with E-state index in [2.05, 4.69) is 10.3 Å². The third-order valence-electron chi connectivity index (χ3n) is 4.11. The lowest BCUT2D eigenvalue weighted by molar-refractivity contribution is 0.0488. The first kappa shape index (κ1) is 21.1. The number of halogens is 2. The number of thiazole rings is 1. The standard InChI is InChI=1S/C16H23Cl2N3O4S/c1-15(2,3)25-13(22)19-9-16(11-8-26-10-20-11)4-6-21(7-5-16)14(23)24-12(17)18/h8,10,12H,4-7,9H2,1-3H3,(H,19,22). The number of aromatic nitrogens is 1. The summed E-state index contributed by atoms with van der Waals surface area (Å²) in [7, 11) is 0. The molecule has 26 heavy (non-hydrogen) atoms. The molecule has 0 atom stereocenters. The second-order valence-corrected chi connectivity index (χ2v) is 8.88. The van der Waals surface area contributed by atoms with Crippen LogP contribution in [0.3, 0.4) is 0 Å². The number of amides is 2. The van der Waals surface area contributed by atoms with Crippen LogP contribution in [0.2, 0.25) is 0 Å². The van der Waals surface area contributed by atoms with Crippen LogP contribution in [-0.2, 0) is 14.9 Å². The lowest BCUT2D eigenvalue weighted by Crippen LogP contribution is -2.51. The van der Waals surface area contributed by atoms with E-state index >= 15 is 0 Å². The van der Waals surface area contributed by atoms with Crippen LogP contribution in [0.5, 0.6) is 0 Å².